The van der Waals surface area contributed by atoms with E-state index < -0.39 is 11.9 Å². The van der Waals surface area contributed by atoms with E-state index in [0.29, 0.717) is 28.5 Å². The Morgan fingerprint density at radius 1 is 1.28 bits per heavy atom. The second kappa shape index (κ2) is 7.89. The van der Waals surface area contributed by atoms with Gasteiger partial charge in [0.25, 0.3) is 5.91 Å². The Morgan fingerprint density at radius 3 is 2.84 bits per heavy atom. The van der Waals surface area contributed by atoms with Crippen molar-refractivity contribution in [2.45, 2.75) is 45.4 Å². The minimum absolute atomic E-state index is 0.221. The zero-order chi connectivity index (χ0) is 22.4. The van der Waals surface area contributed by atoms with Crippen LogP contribution < -0.4 is 10.5 Å². The Labute approximate surface area is 185 Å². The maximum Gasteiger partial charge on any atom is 0.254 e. The minimum Gasteiger partial charge on any atom is -0.482 e. The summed E-state index contributed by atoms with van der Waals surface area (Å²) in [5.41, 5.74) is 9.15. The molecule has 166 valence electrons. The summed E-state index contributed by atoms with van der Waals surface area (Å²) in [4.78, 5) is 19.2. The van der Waals surface area contributed by atoms with Crippen molar-refractivity contribution in [2.24, 2.45) is 5.92 Å². The summed E-state index contributed by atoms with van der Waals surface area (Å²) in [5.74, 6) is 0.474. The monoisotopic (exact) mass is 436 g/mol. The van der Waals surface area contributed by atoms with Gasteiger partial charge in [-0.15, -0.1) is 5.10 Å². The first kappa shape index (κ1) is 20.4. The third-order valence-corrected chi connectivity index (χ3v) is 6.34. The quantitative estimate of drug-likeness (QED) is 0.659. The number of ether oxygens (including phenoxy) is 1. The summed E-state index contributed by atoms with van der Waals surface area (Å²) in [6, 6.07) is 5.91. The summed E-state index contributed by atoms with van der Waals surface area (Å²) in [6.07, 6.45) is 4.64. The maximum absolute atomic E-state index is 14.0. The van der Waals surface area contributed by atoms with E-state index in [1.54, 1.807) is 25.1 Å². The first-order valence-electron chi connectivity index (χ1n) is 10.8. The summed E-state index contributed by atoms with van der Waals surface area (Å²) in [5, 5.41) is 8.80. The lowest BCUT2D eigenvalue weighted by atomic mass is 9.85. The van der Waals surface area contributed by atoms with Crippen LogP contribution in [0.2, 0.25) is 0 Å². The van der Waals surface area contributed by atoms with E-state index in [4.69, 9.17) is 10.5 Å². The van der Waals surface area contributed by atoms with E-state index in [2.05, 4.69) is 15.3 Å². The molecule has 5 rings (SSSR count). The Balaban J connectivity index is 1.65. The summed E-state index contributed by atoms with van der Waals surface area (Å²) >= 11 is 0. The minimum atomic E-state index is -0.616. The summed E-state index contributed by atoms with van der Waals surface area (Å²) < 4.78 is 22.0. The smallest absolute Gasteiger partial charge is 0.254 e. The molecule has 2 bridgehead atoms. The van der Waals surface area contributed by atoms with Gasteiger partial charge in [0.15, 0.2) is 11.6 Å². The molecule has 0 unspecified atom stereocenters. The van der Waals surface area contributed by atoms with Crippen LogP contribution in [-0.4, -0.2) is 37.8 Å². The van der Waals surface area contributed by atoms with E-state index in [9.17, 15) is 9.18 Å². The van der Waals surface area contributed by atoms with Crippen LogP contribution in [0.1, 0.15) is 53.9 Å². The molecule has 2 aromatic heterocycles. The van der Waals surface area contributed by atoms with Crippen molar-refractivity contribution in [2.75, 3.05) is 12.8 Å². The Bertz CT molecular complexity index is 1190. The first-order valence-corrected chi connectivity index (χ1v) is 10.8. The zero-order valence-corrected chi connectivity index (χ0v) is 18.1. The zero-order valence-electron chi connectivity index (χ0n) is 18.1. The normalized spacial score (nSPS) is 18.7. The number of benzene rings is 1. The highest BCUT2D eigenvalue weighted by atomic mass is 19.1. The average Bonchev–Trinajstić information content (AvgIpc) is 3.13. The highest BCUT2D eigenvalue weighted by Crippen LogP contribution is 2.35. The SMILES string of the molecule is C[C@H]1Oc2cc(cnc2N)-c2c(nnn2CC2CCC2)CN(C)C(=O)c2ccc(F)cc21. The van der Waals surface area contributed by atoms with Crippen molar-refractivity contribution < 1.29 is 13.9 Å². The number of nitrogen functional groups attached to an aromatic ring is 1. The summed E-state index contributed by atoms with van der Waals surface area (Å²) in [6.45, 7) is 2.78. The molecule has 3 aromatic rings. The van der Waals surface area contributed by atoms with Gasteiger partial charge in [-0.2, -0.15) is 0 Å². The third-order valence-electron chi connectivity index (χ3n) is 6.34. The molecule has 9 heteroatoms. The number of pyridine rings is 1. The van der Waals surface area contributed by atoms with Crippen molar-refractivity contribution in [1.82, 2.24) is 24.9 Å². The number of fused-ring (bicyclic) bond motifs is 5. The van der Waals surface area contributed by atoms with E-state index in [1.165, 1.54) is 37.5 Å². The first-order chi connectivity index (χ1) is 15.4. The van der Waals surface area contributed by atoms with Crippen LogP contribution in [0.15, 0.2) is 30.5 Å². The molecule has 0 saturated heterocycles. The molecule has 3 heterocycles. The molecule has 8 nitrogen and oxygen atoms in total. The fourth-order valence-electron chi connectivity index (χ4n) is 4.32. The number of carbonyl (C=O) groups is 1. The fourth-order valence-corrected chi connectivity index (χ4v) is 4.32. The number of nitrogens with zero attached hydrogens (tertiary/aromatic N) is 5. The van der Waals surface area contributed by atoms with Crippen LogP contribution in [0, 0.1) is 11.7 Å². The van der Waals surface area contributed by atoms with Crippen molar-refractivity contribution in [1.29, 1.82) is 0 Å². The molecule has 0 spiro atoms. The van der Waals surface area contributed by atoms with Gasteiger partial charge in [0.1, 0.15) is 17.6 Å². The van der Waals surface area contributed by atoms with Crippen molar-refractivity contribution in [3.8, 4) is 17.0 Å². The number of rotatable bonds is 2. The van der Waals surface area contributed by atoms with Gasteiger partial charge in [-0.1, -0.05) is 11.6 Å². The molecule has 1 aromatic carbocycles. The number of amides is 1. The van der Waals surface area contributed by atoms with Crippen LogP contribution >= 0.6 is 0 Å². The van der Waals surface area contributed by atoms with Gasteiger partial charge >= 0.3 is 0 Å². The Morgan fingerprint density at radius 2 is 2.09 bits per heavy atom. The topological polar surface area (TPSA) is 99.2 Å². The van der Waals surface area contributed by atoms with Gasteiger partial charge in [0.05, 0.1) is 12.2 Å². The predicted octanol–water partition coefficient (Wildman–Crippen LogP) is 3.59. The molecule has 1 amide bonds. The second-order valence-corrected chi connectivity index (χ2v) is 8.62. The highest BCUT2D eigenvalue weighted by molar-refractivity contribution is 5.95. The lowest BCUT2D eigenvalue weighted by Gasteiger charge is -2.26. The standard InChI is InChI=1S/C23H25FN6O2/c1-13-18-9-16(24)6-7-17(18)23(31)29(2)12-19-21(15-8-20(32-13)22(25)26-10-15)30(28-27-19)11-14-4-3-5-14/h6-10,13-14H,3-5,11-12H2,1-2H3,(H2,25,26)/t13-/m1/s1. The lowest BCUT2D eigenvalue weighted by Crippen LogP contribution is -2.28. The molecule has 1 aliphatic carbocycles. The molecule has 32 heavy (non-hydrogen) atoms. The van der Waals surface area contributed by atoms with Crippen LogP contribution in [0.3, 0.4) is 0 Å². The van der Waals surface area contributed by atoms with E-state index in [0.717, 1.165) is 17.8 Å². The van der Waals surface area contributed by atoms with Crippen LogP contribution in [0.25, 0.3) is 11.3 Å². The van der Waals surface area contributed by atoms with E-state index in [1.807, 2.05) is 10.7 Å². The largest absolute Gasteiger partial charge is 0.482 e. The van der Waals surface area contributed by atoms with E-state index >= 15 is 0 Å². The molecule has 1 aliphatic heterocycles. The van der Waals surface area contributed by atoms with Gasteiger partial charge in [0, 0.05) is 36.5 Å². The van der Waals surface area contributed by atoms with Crippen LogP contribution in [0.5, 0.6) is 5.75 Å². The third kappa shape index (κ3) is 3.57. The van der Waals surface area contributed by atoms with Gasteiger partial charge in [0.2, 0.25) is 0 Å². The molecule has 1 atom stereocenters. The van der Waals surface area contributed by atoms with Crippen LogP contribution in [-0.2, 0) is 13.1 Å². The molecule has 2 N–H and O–H groups in total. The number of halogens is 1. The Hall–Kier alpha value is -3.49. The molecule has 1 fully saturated rings. The maximum atomic E-state index is 14.0. The Kier molecular flexibility index (Phi) is 5.03. The van der Waals surface area contributed by atoms with Gasteiger partial charge in [-0.3, -0.25) is 4.79 Å². The predicted molar refractivity (Wildman–Crippen MR) is 116 cm³/mol. The second-order valence-electron chi connectivity index (χ2n) is 8.62. The number of hydrogen-bond donors (Lipinski definition) is 1. The van der Waals surface area contributed by atoms with Crippen molar-refractivity contribution in [3.63, 3.8) is 0 Å². The summed E-state index contributed by atoms with van der Waals surface area (Å²) in [7, 11) is 1.70. The average molecular weight is 436 g/mol. The fraction of sp³-hybridized carbons (Fsp3) is 0.391. The van der Waals surface area contributed by atoms with Gasteiger partial charge in [-0.05, 0) is 49.9 Å². The van der Waals surface area contributed by atoms with Crippen molar-refractivity contribution >= 4 is 11.7 Å². The molecular weight excluding hydrogens is 411 g/mol. The molecular formula is C23H25FN6O2. The van der Waals surface area contributed by atoms with Gasteiger partial charge in [-0.25, -0.2) is 14.1 Å². The molecule has 2 aliphatic rings. The lowest BCUT2D eigenvalue weighted by molar-refractivity contribution is 0.0778. The van der Waals surface area contributed by atoms with E-state index in [-0.39, 0.29) is 18.3 Å². The number of nitrogens with two attached hydrogens (primary N) is 1. The molecule has 0 radical (unpaired) electrons. The van der Waals surface area contributed by atoms with Gasteiger partial charge < -0.3 is 15.4 Å². The number of anilines is 1. The van der Waals surface area contributed by atoms with Crippen molar-refractivity contribution in [3.05, 3.63) is 53.1 Å². The van der Waals surface area contributed by atoms with Crippen LogP contribution in [0.4, 0.5) is 10.2 Å². The highest BCUT2D eigenvalue weighted by Gasteiger charge is 2.27. The molecule has 1 saturated carbocycles. The number of hydrogen-bond acceptors (Lipinski definition) is 6. The number of aromatic nitrogens is 4. The number of carbonyl (C=O) groups excluding carboxylic acids is 1.